The van der Waals surface area contributed by atoms with Crippen molar-refractivity contribution >= 4 is 17.3 Å². The largest absolute Gasteiger partial charge is 0.381 e. The summed E-state index contributed by atoms with van der Waals surface area (Å²) in [6.07, 6.45) is 3.66. The van der Waals surface area contributed by atoms with Crippen LogP contribution in [0, 0.1) is 24.1 Å². The zero-order valence-corrected chi connectivity index (χ0v) is 20.3. The highest BCUT2D eigenvalue weighted by Gasteiger charge is 2.26. The highest BCUT2D eigenvalue weighted by molar-refractivity contribution is 6.05. The van der Waals surface area contributed by atoms with E-state index in [0.717, 1.165) is 57.9 Å². The number of nitrogens with zero attached hydrogens (tertiary/aromatic N) is 5. The molecular weight excluding hydrogens is 459 g/mol. The van der Waals surface area contributed by atoms with Crippen molar-refractivity contribution in [3.8, 4) is 11.8 Å². The van der Waals surface area contributed by atoms with E-state index in [9.17, 15) is 14.4 Å². The number of halogens is 1. The van der Waals surface area contributed by atoms with Crippen LogP contribution in [0.3, 0.4) is 0 Å². The second kappa shape index (κ2) is 10.5. The molecule has 8 nitrogen and oxygen atoms in total. The van der Waals surface area contributed by atoms with Crippen molar-refractivity contribution in [2.45, 2.75) is 25.8 Å². The fourth-order valence-electron chi connectivity index (χ4n) is 5.03. The van der Waals surface area contributed by atoms with Gasteiger partial charge in [0.25, 0.3) is 5.91 Å². The van der Waals surface area contributed by atoms with E-state index in [1.807, 2.05) is 12.1 Å². The molecule has 0 bridgehead atoms. The highest BCUT2D eigenvalue weighted by atomic mass is 19.1. The van der Waals surface area contributed by atoms with E-state index in [1.54, 1.807) is 29.8 Å². The Morgan fingerprint density at radius 1 is 1.11 bits per heavy atom. The van der Waals surface area contributed by atoms with Gasteiger partial charge in [-0.15, -0.1) is 0 Å². The van der Waals surface area contributed by atoms with Crippen LogP contribution >= 0.6 is 0 Å². The monoisotopic (exact) mass is 488 g/mol. The van der Waals surface area contributed by atoms with Gasteiger partial charge in [-0.2, -0.15) is 10.4 Å². The van der Waals surface area contributed by atoms with E-state index in [0.29, 0.717) is 34.2 Å². The minimum Gasteiger partial charge on any atom is -0.381 e. The van der Waals surface area contributed by atoms with Crippen molar-refractivity contribution in [2.75, 3.05) is 49.6 Å². The third-order valence-electron chi connectivity index (χ3n) is 7.06. The fraction of sp³-hybridized carbons (Fsp3) is 0.370. The summed E-state index contributed by atoms with van der Waals surface area (Å²) >= 11 is 0. The van der Waals surface area contributed by atoms with Gasteiger partial charge < -0.3 is 15.0 Å². The molecule has 1 amide bonds. The number of hydrogen-bond acceptors (Lipinski definition) is 6. The second-order valence-corrected chi connectivity index (χ2v) is 9.20. The van der Waals surface area contributed by atoms with Crippen LogP contribution in [-0.2, 0) is 4.74 Å². The van der Waals surface area contributed by atoms with Gasteiger partial charge >= 0.3 is 0 Å². The number of carbonyl (C=O) groups excluding carboxylic acids is 1. The van der Waals surface area contributed by atoms with Gasteiger partial charge in [0.2, 0.25) is 0 Å². The number of carbonyl (C=O) groups is 1. The standard InChI is InChI=1S/C27H29FN6O2/c1-19-25(18-30-34(19)24-5-2-21(28)3-6-24)27(35)31-22-4-7-26(20(16-22)17-29)33-12-10-32(11-13-33)23-8-14-36-15-9-23/h2-7,16,18,23H,8-15H2,1H3,(H,31,35). The van der Waals surface area contributed by atoms with Crippen molar-refractivity contribution < 1.29 is 13.9 Å². The zero-order chi connectivity index (χ0) is 25.1. The lowest BCUT2D eigenvalue weighted by Crippen LogP contribution is -2.51. The van der Waals surface area contributed by atoms with E-state index < -0.39 is 0 Å². The first-order valence-electron chi connectivity index (χ1n) is 12.3. The maximum Gasteiger partial charge on any atom is 0.259 e. The Hall–Kier alpha value is -3.74. The van der Waals surface area contributed by atoms with Crippen LogP contribution in [0.25, 0.3) is 5.69 Å². The molecular formula is C27H29FN6O2. The second-order valence-electron chi connectivity index (χ2n) is 9.20. The van der Waals surface area contributed by atoms with Gasteiger partial charge in [0.05, 0.1) is 34.4 Å². The van der Waals surface area contributed by atoms with Crippen LogP contribution in [0.5, 0.6) is 0 Å². The Morgan fingerprint density at radius 2 is 1.83 bits per heavy atom. The summed E-state index contributed by atoms with van der Waals surface area (Å²) in [6, 6.07) is 14.3. The molecule has 5 rings (SSSR count). The van der Waals surface area contributed by atoms with Gasteiger partial charge in [-0.3, -0.25) is 9.69 Å². The predicted octanol–water partition coefficient (Wildman–Crippen LogP) is 3.74. The molecule has 0 saturated carbocycles. The van der Waals surface area contributed by atoms with E-state index >= 15 is 0 Å². The molecule has 0 radical (unpaired) electrons. The van der Waals surface area contributed by atoms with E-state index in [1.165, 1.54) is 18.3 Å². The number of piperazine rings is 1. The maximum atomic E-state index is 13.3. The van der Waals surface area contributed by atoms with Gasteiger partial charge in [0.1, 0.15) is 11.9 Å². The van der Waals surface area contributed by atoms with Gasteiger partial charge in [-0.25, -0.2) is 9.07 Å². The Labute approximate surface area is 209 Å². The SMILES string of the molecule is Cc1c(C(=O)Nc2ccc(N3CCN(C4CCOCC4)CC3)c(C#N)c2)cnn1-c1ccc(F)cc1. The molecule has 0 spiro atoms. The van der Waals surface area contributed by atoms with Gasteiger partial charge in [-0.05, 0) is 62.2 Å². The Bertz CT molecular complexity index is 1270. The molecule has 1 aromatic heterocycles. The average Bonchev–Trinajstić information content (AvgIpc) is 3.31. The summed E-state index contributed by atoms with van der Waals surface area (Å²) < 4.78 is 20.3. The van der Waals surface area contributed by atoms with E-state index in [2.05, 4.69) is 26.3 Å². The molecule has 0 aliphatic carbocycles. The molecule has 36 heavy (non-hydrogen) atoms. The summed E-state index contributed by atoms with van der Waals surface area (Å²) in [5, 5.41) is 17.0. The van der Waals surface area contributed by atoms with Crippen LogP contribution < -0.4 is 10.2 Å². The summed E-state index contributed by atoms with van der Waals surface area (Å²) in [7, 11) is 0. The first-order valence-corrected chi connectivity index (χ1v) is 12.3. The third-order valence-corrected chi connectivity index (χ3v) is 7.06. The van der Waals surface area contributed by atoms with Crippen molar-refractivity contribution in [2.24, 2.45) is 0 Å². The molecule has 3 heterocycles. The maximum absolute atomic E-state index is 13.3. The Morgan fingerprint density at radius 3 is 2.53 bits per heavy atom. The molecule has 186 valence electrons. The van der Waals surface area contributed by atoms with E-state index in [4.69, 9.17) is 4.74 Å². The molecule has 0 atom stereocenters. The van der Waals surface area contributed by atoms with Crippen LogP contribution in [0.2, 0.25) is 0 Å². The topological polar surface area (TPSA) is 86.4 Å². The number of nitriles is 1. The summed E-state index contributed by atoms with van der Waals surface area (Å²) in [5.74, 6) is -0.651. The molecule has 1 N–H and O–H groups in total. The highest BCUT2D eigenvalue weighted by Crippen LogP contribution is 2.27. The summed E-state index contributed by atoms with van der Waals surface area (Å²) in [4.78, 5) is 17.8. The van der Waals surface area contributed by atoms with Crippen molar-refractivity contribution in [1.29, 1.82) is 5.26 Å². The molecule has 2 saturated heterocycles. The molecule has 2 aliphatic rings. The number of ether oxygens (including phenoxy) is 1. The van der Waals surface area contributed by atoms with Crippen molar-refractivity contribution in [3.05, 3.63) is 71.3 Å². The fourth-order valence-corrected chi connectivity index (χ4v) is 5.03. The summed E-state index contributed by atoms with van der Waals surface area (Å²) in [6.45, 7) is 7.11. The number of aromatic nitrogens is 2. The molecule has 0 unspecified atom stereocenters. The minimum atomic E-state index is -0.334. The van der Waals surface area contributed by atoms with Crippen LogP contribution in [0.15, 0.2) is 48.7 Å². The number of anilines is 2. The van der Waals surface area contributed by atoms with Gasteiger partial charge in [-0.1, -0.05) is 0 Å². The first kappa shape index (κ1) is 24.0. The molecule has 2 aromatic carbocycles. The zero-order valence-electron chi connectivity index (χ0n) is 20.3. The lowest BCUT2D eigenvalue weighted by atomic mass is 10.1. The Kier molecular flexibility index (Phi) is 6.98. The molecule has 9 heteroatoms. The van der Waals surface area contributed by atoms with Crippen LogP contribution in [0.1, 0.15) is 34.5 Å². The molecule has 2 aliphatic heterocycles. The Balaban J connectivity index is 1.26. The number of nitrogens with one attached hydrogen (secondary N) is 1. The molecule has 3 aromatic rings. The lowest BCUT2D eigenvalue weighted by Gasteiger charge is -2.41. The number of hydrogen-bond donors (Lipinski definition) is 1. The van der Waals surface area contributed by atoms with Crippen molar-refractivity contribution in [1.82, 2.24) is 14.7 Å². The van der Waals surface area contributed by atoms with Gasteiger partial charge in [0, 0.05) is 51.1 Å². The lowest BCUT2D eigenvalue weighted by molar-refractivity contribution is 0.0321. The van der Waals surface area contributed by atoms with Crippen LogP contribution in [0.4, 0.5) is 15.8 Å². The minimum absolute atomic E-state index is 0.317. The number of benzene rings is 2. The smallest absolute Gasteiger partial charge is 0.259 e. The van der Waals surface area contributed by atoms with Crippen molar-refractivity contribution in [3.63, 3.8) is 0 Å². The predicted molar refractivity (Wildman–Crippen MR) is 135 cm³/mol. The summed E-state index contributed by atoms with van der Waals surface area (Å²) in [5.41, 5.74) is 3.69. The third kappa shape index (κ3) is 4.96. The number of rotatable bonds is 5. The van der Waals surface area contributed by atoms with Crippen LogP contribution in [-0.4, -0.2) is 66.0 Å². The quantitative estimate of drug-likeness (QED) is 0.589. The first-order chi connectivity index (χ1) is 17.5. The number of amides is 1. The molecule has 2 fully saturated rings. The van der Waals surface area contributed by atoms with E-state index in [-0.39, 0.29) is 11.7 Å². The average molecular weight is 489 g/mol. The van der Waals surface area contributed by atoms with Gasteiger partial charge in [0.15, 0.2) is 0 Å². The normalized spacial score (nSPS) is 17.1.